The fourth-order valence-electron chi connectivity index (χ4n) is 8.19. The van der Waals surface area contributed by atoms with E-state index in [0.29, 0.717) is 3.57 Å². The van der Waals surface area contributed by atoms with E-state index in [0.717, 1.165) is 0 Å². The summed E-state index contributed by atoms with van der Waals surface area (Å²) in [5, 5.41) is 0. The number of rotatable bonds is 9. The van der Waals surface area contributed by atoms with Crippen molar-refractivity contribution in [1.82, 2.24) is 0 Å². The van der Waals surface area contributed by atoms with Gasteiger partial charge in [0.2, 0.25) is 0 Å². The Morgan fingerprint density at radius 1 is 0.745 bits per heavy atom. The fraction of sp³-hybridized carbons (Fsp3) is 0.533. The second-order valence-corrected chi connectivity index (χ2v) is 20.0. The normalized spacial score (nSPS) is 39.2. The summed E-state index contributed by atoms with van der Waals surface area (Å²) in [6.45, 7) is 10.0. The van der Waals surface area contributed by atoms with Gasteiger partial charge < -0.3 is 0 Å². The molecule has 254 valence electrons. The van der Waals surface area contributed by atoms with Crippen LogP contribution in [0.25, 0.3) is 0 Å². The van der Waals surface area contributed by atoms with Gasteiger partial charge in [-0.05, 0) is 0 Å². The molecule has 0 N–H and O–H groups in total. The van der Waals surface area contributed by atoms with Crippen molar-refractivity contribution in [1.29, 1.82) is 0 Å². The van der Waals surface area contributed by atoms with Gasteiger partial charge in [-0.2, -0.15) is 0 Å². The summed E-state index contributed by atoms with van der Waals surface area (Å²) in [6.07, 6.45) is -4.06. The summed E-state index contributed by atoms with van der Waals surface area (Å²) in [5.74, 6) is -6.55. The van der Waals surface area contributed by atoms with Crippen molar-refractivity contribution in [2.24, 2.45) is 23.7 Å². The van der Waals surface area contributed by atoms with Gasteiger partial charge in [-0.15, -0.1) is 0 Å². The molecule has 0 amide bonds. The van der Waals surface area contributed by atoms with Crippen molar-refractivity contribution < 1.29 is 60.0 Å². The first-order valence-corrected chi connectivity index (χ1v) is 20.5. The molecule has 4 aliphatic carbocycles. The van der Waals surface area contributed by atoms with Gasteiger partial charge in [0.15, 0.2) is 0 Å². The van der Waals surface area contributed by atoms with Crippen molar-refractivity contribution in [3.63, 3.8) is 0 Å². The summed E-state index contributed by atoms with van der Waals surface area (Å²) in [4.78, 5) is 52.5. The number of fused-ring (bicyclic) bond motifs is 2. The molecule has 0 spiro atoms. The monoisotopic (exact) mass is 806 g/mol. The van der Waals surface area contributed by atoms with Crippen LogP contribution in [0.4, 0.5) is 0 Å². The molecule has 0 radical (unpaired) electrons. The van der Waals surface area contributed by atoms with E-state index in [1.54, 1.807) is 18.2 Å². The molecule has 10 atom stereocenters. The van der Waals surface area contributed by atoms with Crippen LogP contribution in [0.2, 0.25) is 0 Å². The third kappa shape index (κ3) is 4.51. The average molecular weight is 807 g/mol. The van der Waals surface area contributed by atoms with E-state index in [2.05, 4.69) is 13.2 Å². The molecule has 17 heteroatoms. The van der Waals surface area contributed by atoms with Crippen LogP contribution in [0, 0.1) is 27.2 Å². The van der Waals surface area contributed by atoms with E-state index in [-0.39, 0.29) is 36.8 Å². The van der Waals surface area contributed by atoms with Crippen molar-refractivity contribution in [3.05, 3.63) is 58.2 Å². The van der Waals surface area contributed by atoms with Gasteiger partial charge in [0.1, 0.15) is 0 Å². The third-order valence-electron chi connectivity index (χ3n) is 10.2. The molecule has 2 heterocycles. The number of carbonyl (C=O) groups excluding carboxylic acids is 4. The van der Waals surface area contributed by atoms with E-state index in [9.17, 15) is 36.0 Å². The van der Waals surface area contributed by atoms with Crippen LogP contribution < -0.4 is 0 Å². The van der Waals surface area contributed by atoms with Crippen LogP contribution in [0.3, 0.4) is 0 Å². The van der Waals surface area contributed by atoms with Gasteiger partial charge in [0.25, 0.3) is 0 Å². The van der Waals surface area contributed by atoms with Gasteiger partial charge in [0.05, 0.1) is 0 Å². The van der Waals surface area contributed by atoms with Gasteiger partial charge >= 0.3 is 280 Å². The summed E-state index contributed by atoms with van der Waals surface area (Å²) in [5.41, 5.74) is 0.246. The van der Waals surface area contributed by atoms with Crippen LogP contribution in [0.5, 0.6) is 0 Å². The summed E-state index contributed by atoms with van der Waals surface area (Å²) in [7, 11) is -9.16. The molecular weight excluding hydrogens is 775 g/mol. The molecule has 2 saturated heterocycles. The Morgan fingerprint density at radius 2 is 1.15 bits per heavy atom. The summed E-state index contributed by atoms with van der Waals surface area (Å²) in [6, 6.07) is 7.94. The number of hydrogen-bond acceptors (Lipinski definition) is 14. The van der Waals surface area contributed by atoms with Crippen LogP contribution >= 0.6 is 20.6 Å². The second-order valence-electron chi connectivity index (χ2n) is 13.0. The predicted octanol–water partition coefficient (Wildman–Crippen LogP) is 2.27. The zero-order valence-electron chi connectivity index (χ0n) is 25.2. The van der Waals surface area contributed by atoms with Crippen LogP contribution in [0.1, 0.15) is 39.5 Å². The van der Waals surface area contributed by atoms with Gasteiger partial charge in [-0.25, -0.2) is 0 Å². The molecule has 14 nitrogen and oxygen atoms in total. The SMILES string of the molecule is C=C(C)C(=O)OC1C2CC3C1OS(=O)(=O)C3(C(=O)OI(OC(=O)C13CC4CC1C(OS3(=O)=O)C4OC(=O)C(=C)C)c1ccccc1)C2. The van der Waals surface area contributed by atoms with Crippen LogP contribution in [0.15, 0.2) is 54.6 Å². The van der Waals surface area contributed by atoms with E-state index in [1.165, 1.54) is 26.0 Å². The number of halogens is 1. The topological polar surface area (TPSA) is 192 Å². The Bertz CT molecular complexity index is 1730. The maximum atomic E-state index is 14.0. The zero-order valence-corrected chi connectivity index (χ0v) is 28.9. The van der Waals surface area contributed by atoms with E-state index in [4.69, 9.17) is 24.0 Å². The van der Waals surface area contributed by atoms with Crippen LogP contribution in [-0.4, -0.2) is 74.6 Å². The molecule has 6 fully saturated rings. The Labute approximate surface area is 278 Å². The van der Waals surface area contributed by atoms with Crippen LogP contribution in [-0.2, 0) is 63.4 Å². The molecule has 1 aromatic rings. The van der Waals surface area contributed by atoms with Gasteiger partial charge in [-0.3, -0.25) is 0 Å². The molecule has 4 saturated carbocycles. The summed E-state index contributed by atoms with van der Waals surface area (Å²) < 4.78 is 83.4. The van der Waals surface area contributed by atoms with Gasteiger partial charge in [0, 0.05) is 0 Å². The van der Waals surface area contributed by atoms with E-state index in [1.807, 2.05) is 0 Å². The maximum absolute atomic E-state index is 14.0. The Hall–Kier alpha value is -2.87. The molecule has 10 unspecified atom stereocenters. The van der Waals surface area contributed by atoms with Gasteiger partial charge in [-0.1, -0.05) is 0 Å². The molecule has 0 aromatic heterocycles. The Morgan fingerprint density at radius 3 is 1.53 bits per heavy atom. The zero-order chi connectivity index (χ0) is 33.8. The fourth-order valence-corrected chi connectivity index (χ4v) is 15.5. The Balaban J connectivity index is 1.15. The van der Waals surface area contributed by atoms with E-state index >= 15 is 0 Å². The number of carbonyl (C=O) groups is 4. The standard InChI is InChI=1S/C30H31IO14S2/c1-14(2)25(32)40-21-16-10-19-23(21)44-46(36,37)29(19,12-16)27(34)42-31(18-8-6-5-7-9-18)43-28(35)30-13-17-11-20(30)24(45-47(30,38)39)22(17)41-26(33)15(3)4/h5-9,16-17,19-24H,1,3,10-13H2,2,4H3. The first-order valence-electron chi connectivity index (χ1n) is 14.8. The first-order chi connectivity index (χ1) is 22.0. The molecule has 2 aliphatic heterocycles. The molecule has 7 rings (SSSR count). The molecule has 6 aliphatic rings. The molecule has 1 aromatic carbocycles. The minimum absolute atomic E-state index is 0.123. The number of esters is 2. The number of hydrogen-bond donors (Lipinski definition) is 0. The summed E-state index contributed by atoms with van der Waals surface area (Å²) >= 11 is -3.94. The molecular formula is C30H31IO14S2. The average Bonchev–Trinajstić information content (AvgIpc) is 3.80. The third-order valence-corrected chi connectivity index (χ3v) is 17.6. The second kappa shape index (κ2) is 10.8. The van der Waals surface area contributed by atoms with Crippen molar-refractivity contribution in [2.45, 2.75) is 73.4 Å². The first kappa shape index (κ1) is 32.7. The number of ether oxygens (including phenoxy) is 2. The Kier molecular flexibility index (Phi) is 7.52. The molecule has 47 heavy (non-hydrogen) atoms. The van der Waals surface area contributed by atoms with E-state index < -0.39 is 122 Å². The minimum atomic E-state index is -4.58. The number of benzene rings is 1. The van der Waals surface area contributed by atoms with Crippen molar-refractivity contribution in [2.75, 3.05) is 0 Å². The van der Waals surface area contributed by atoms with Crippen molar-refractivity contribution in [3.8, 4) is 0 Å². The van der Waals surface area contributed by atoms with Crippen molar-refractivity contribution >= 4 is 64.8 Å². The quantitative estimate of drug-likeness (QED) is 0.153. The predicted molar refractivity (Wildman–Crippen MR) is 166 cm³/mol. The molecule has 4 bridgehead atoms.